The molecule has 1 aromatic heterocycles. The predicted molar refractivity (Wildman–Crippen MR) is 63.9 cm³/mol. The molecular weight excluding hydrogens is 314 g/mol. The van der Waals surface area contributed by atoms with Crippen LogP contribution in [0.1, 0.15) is 6.42 Å². The highest BCUT2D eigenvalue weighted by Crippen LogP contribution is 2.40. The maximum atomic E-state index is 14.6. The molecule has 1 aromatic rings. The fraction of sp³-hybridized carbons (Fsp3) is 0.556. The lowest BCUT2D eigenvalue weighted by molar-refractivity contribution is -0.204. The summed E-state index contributed by atoms with van der Waals surface area (Å²) in [5.74, 6) is -2.76. The van der Waals surface area contributed by atoms with Gasteiger partial charge in [-0.2, -0.15) is 4.39 Å². The third-order valence-electron chi connectivity index (χ3n) is 2.81. The summed E-state index contributed by atoms with van der Waals surface area (Å²) in [4.78, 5) is 41.3. The Balaban J connectivity index is 2.20. The molecule has 118 valence electrons. The number of aromatic amines is 1. The number of H-pyrrole nitrogens is 1. The van der Waals surface area contributed by atoms with E-state index in [9.17, 15) is 23.7 Å². The number of ether oxygens (including phenoxy) is 1. The molecule has 10 nitrogen and oxygen atoms in total. The van der Waals surface area contributed by atoms with E-state index in [1.807, 2.05) is 4.98 Å². The molecule has 0 saturated carbocycles. The fourth-order valence-electron chi connectivity index (χ4n) is 1.90. The van der Waals surface area contributed by atoms with Crippen molar-refractivity contribution in [3.63, 3.8) is 0 Å². The maximum Gasteiger partial charge on any atom is 0.469 e. The Bertz CT molecular complexity index is 683. The normalized spacial score (nSPS) is 29.7. The van der Waals surface area contributed by atoms with Crippen LogP contribution in [0.25, 0.3) is 0 Å². The first-order valence-electron chi connectivity index (χ1n) is 5.68. The highest BCUT2D eigenvalue weighted by molar-refractivity contribution is 7.46. The van der Waals surface area contributed by atoms with Crippen LogP contribution in [0.4, 0.5) is 4.39 Å². The van der Waals surface area contributed by atoms with E-state index in [1.165, 1.54) is 0 Å². The number of nitrogens with zero attached hydrogens (tertiary/aromatic N) is 1. The summed E-state index contributed by atoms with van der Waals surface area (Å²) >= 11 is 0. The quantitative estimate of drug-likeness (QED) is 0.482. The number of hydrogen-bond acceptors (Lipinski definition) is 6. The molecule has 2 rings (SSSR count). The Labute approximate surface area is 116 Å². The average molecular weight is 326 g/mol. The van der Waals surface area contributed by atoms with Crippen LogP contribution in [0, 0.1) is 0 Å². The number of phosphoric ester groups is 1. The van der Waals surface area contributed by atoms with Gasteiger partial charge in [-0.25, -0.2) is 13.9 Å². The summed E-state index contributed by atoms with van der Waals surface area (Å²) in [7, 11) is -4.80. The van der Waals surface area contributed by atoms with Crippen LogP contribution in [0.15, 0.2) is 21.9 Å². The number of aliphatic hydroxyl groups is 1. The molecule has 1 aliphatic heterocycles. The molecule has 4 N–H and O–H groups in total. The van der Waals surface area contributed by atoms with Crippen molar-refractivity contribution in [2.45, 2.75) is 24.6 Å². The van der Waals surface area contributed by atoms with E-state index in [1.54, 1.807) is 0 Å². The van der Waals surface area contributed by atoms with Crippen LogP contribution in [0.3, 0.4) is 0 Å². The first-order chi connectivity index (χ1) is 9.61. The SMILES string of the molecule is O=c1ccn(C2(F)CC(O)C(COP(=O)(O)O)O2)c(=O)[nH]1. The molecule has 0 amide bonds. The van der Waals surface area contributed by atoms with Gasteiger partial charge < -0.3 is 19.6 Å². The van der Waals surface area contributed by atoms with Crippen molar-refractivity contribution in [3.8, 4) is 0 Å². The maximum absolute atomic E-state index is 14.6. The molecule has 0 aliphatic carbocycles. The summed E-state index contributed by atoms with van der Waals surface area (Å²) in [6.45, 7) is -0.769. The molecule has 0 spiro atoms. The van der Waals surface area contributed by atoms with Crippen molar-refractivity contribution in [1.29, 1.82) is 0 Å². The first-order valence-corrected chi connectivity index (χ1v) is 7.21. The monoisotopic (exact) mass is 326 g/mol. The molecule has 21 heavy (non-hydrogen) atoms. The van der Waals surface area contributed by atoms with Gasteiger partial charge in [0.25, 0.3) is 11.5 Å². The number of hydrogen-bond donors (Lipinski definition) is 4. The van der Waals surface area contributed by atoms with Gasteiger partial charge in [-0.1, -0.05) is 0 Å². The zero-order valence-corrected chi connectivity index (χ0v) is 11.3. The van der Waals surface area contributed by atoms with E-state index in [0.717, 1.165) is 12.3 Å². The van der Waals surface area contributed by atoms with Gasteiger partial charge in [-0.15, -0.1) is 0 Å². The second kappa shape index (κ2) is 5.44. The average Bonchev–Trinajstić information content (AvgIpc) is 2.61. The number of aromatic nitrogens is 2. The van der Waals surface area contributed by atoms with E-state index in [2.05, 4.69) is 4.52 Å². The number of nitrogens with one attached hydrogen (secondary N) is 1. The molecule has 12 heteroatoms. The zero-order valence-electron chi connectivity index (χ0n) is 10.4. The molecule has 0 radical (unpaired) electrons. The van der Waals surface area contributed by atoms with Gasteiger partial charge in [0, 0.05) is 12.3 Å². The molecule has 0 bridgehead atoms. The standard InChI is InChI=1S/C9H12FN2O8P/c10-9(12-2-1-7(14)11-8(12)15)3-5(13)6(20-9)4-19-21(16,17)18/h1-2,5-6,13H,3-4H2,(H,11,14,15)(H2,16,17,18). The second-order valence-corrected chi connectivity index (χ2v) is 5.62. The highest BCUT2D eigenvalue weighted by atomic mass is 31.2. The van der Waals surface area contributed by atoms with Gasteiger partial charge in [-0.3, -0.25) is 14.3 Å². The van der Waals surface area contributed by atoms with Crippen LogP contribution in [-0.2, 0) is 19.8 Å². The second-order valence-electron chi connectivity index (χ2n) is 4.38. The lowest BCUT2D eigenvalue weighted by Gasteiger charge is -2.22. The molecule has 2 heterocycles. The number of halogens is 1. The summed E-state index contributed by atoms with van der Waals surface area (Å²) in [6.07, 6.45) is -2.67. The molecule has 3 unspecified atom stereocenters. The Morgan fingerprint density at radius 1 is 1.57 bits per heavy atom. The fourth-order valence-corrected chi connectivity index (χ4v) is 2.24. The van der Waals surface area contributed by atoms with E-state index in [0.29, 0.717) is 4.57 Å². The molecule has 1 saturated heterocycles. The van der Waals surface area contributed by atoms with Crippen molar-refractivity contribution in [2.75, 3.05) is 6.61 Å². The predicted octanol–water partition coefficient (Wildman–Crippen LogP) is -1.62. The van der Waals surface area contributed by atoms with Gasteiger partial charge in [0.1, 0.15) is 6.10 Å². The summed E-state index contributed by atoms with van der Waals surface area (Å²) < 4.78 is 34.5. The Hall–Kier alpha value is -1.36. The van der Waals surface area contributed by atoms with Gasteiger partial charge in [0.15, 0.2) is 0 Å². The summed E-state index contributed by atoms with van der Waals surface area (Å²) in [5, 5.41) is 9.64. The Morgan fingerprint density at radius 2 is 2.24 bits per heavy atom. The van der Waals surface area contributed by atoms with Crippen LogP contribution in [-0.4, -0.2) is 43.3 Å². The van der Waals surface area contributed by atoms with Gasteiger partial charge in [0.05, 0.1) is 19.1 Å². The lowest BCUT2D eigenvalue weighted by atomic mass is 10.2. The number of phosphoric acid groups is 1. The largest absolute Gasteiger partial charge is 0.469 e. The smallest absolute Gasteiger partial charge is 0.390 e. The van der Waals surface area contributed by atoms with Crippen LogP contribution in [0.2, 0.25) is 0 Å². The molecular formula is C9H12FN2O8P. The van der Waals surface area contributed by atoms with Crippen molar-refractivity contribution in [3.05, 3.63) is 33.1 Å². The Morgan fingerprint density at radius 3 is 2.81 bits per heavy atom. The highest BCUT2D eigenvalue weighted by Gasteiger charge is 2.49. The van der Waals surface area contributed by atoms with Crippen molar-refractivity contribution in [2.24, 2.45) is 0 Å². The number of rotatable bonds is 4. The number of aliphatic hydroxyl groups excluding tert-OH is 1. The van der Waals surface area contributed by atoms with E-state index in [4.69, 9.17) is 14.5 Å². The van der Waals surface area contributed by atoms with E-state index < -0.39 is 50.3 Å². The lowest BCUT2D eigenvalue weighted by Crippen LogP contribution is -2.41. The molecule has 0 aromatic carbocycles. The third kappa shape index (κ3) is 3.64. The van der Waals surface area contributed by atoms with E-state index in [-0.39, 0.29) is 0 Å². The molecule has 1 aliphatic rings. The van der Waals surface area contributed by atoms with Crippen molar-refractivity contribution < 1.29 is 33.1 Å². The molecule has 1 fully saturated rings. The van der Waals surface area contributed by atoms with Gasteiger partial charge in [-0.05, 0) is 0 Å². The van der Waals surface area contributed by atoms with E-state index >= 15 is 0 Å². The number of alkyl halides is 1. The van der Waals surface area contributed by atoms with Crippen molar-refractivity contribution in [1.82, 2.24) is 9.55 Å². The molecule has 3 atom stereocenters. The Kier molecular flexibility index (Phi) is 4.15. The summed E-state index contributed by atoms with van der Waals surface area (Å²) in [5.41, 5.74) is -1.83. The minimum Gasteiger partial charge on any atom is -0.390 e. The first kappa shape index (κ1) is 16.0. The van der Waals surface area contributed by atoms with Crippen molar-refractivity contribution >= 4 is 7.82 Å². The van der Waals surface area contributed by atoms with Crippen LogP contribution >= 0.6 is 7.82 Å². The minimum absolute atomic E-state index is 0.426. The van der Waals surface area contributed by atoms with Crippen LogP contribution in [0.5, 0.6) is 0 Å². The minimum atomic E-state index is -4.80. The third-order valence-corrected chi connectivity index (χ3v) is 3.30. The zero-order chi connectivity index (χ0) is 15.8. The summed E-state index contributed by atoms with van der Waals surface area (Å²) in [6, 6.07) is 0.887. The van der Waals surface area contributed by atoms with Crippen LogP contribution < -0.4 is 11.2 Å². The van der Waals surface area contributed by atoms with Gasteiger partial charge in [0.2, 0.25) is 0 Å². The topological polar surface area (TPSA) is 151 Å². The van der Waals surface area contributed by atoms with Gasteiger partial charge >= 0.3 is 13.5 Å².